The number of benzene rings is 2. The predicted octanol–water partition coefficient (Wildman–Crippen LogP) is 4.93. The molecule has 3 aromatic rings. The van der Waals surface area contributed by atoms with E-state index in [0.29, 0.717) is 11.5 Å². The van der Waals surface area contributed by atoms with Crippen molar-refractivity contribution in [1.82, 2.24) is 9.99 Å². The molecule has 1 heterocycles. The number of nitrogens with zero attached hydrogens (tertiary/aromatic N) is 2. The molecule has 3 rings (SSSR count). The minimum absolute atomic E-state index is 0.116. The highest BCUT2D eigenvalue weighted by atomic mass is 16.5. The van der Waals surface area contributed by atoms with Gasteiger partial charge in [-0.15, -0.1) is 0 Å². The van der Waals surface area contributed by atoms with E-state index < -0.39 is 0 Å². The molecule has 1 N–H and O–H groups in total. The number of hydrogen-bond acceptors (Lipinski definition) is 4. The van der Waals surface area contributed by atoms with E-state index >= 15 is 0 Å². The molecule has 0 unspecified atom stereocenters. The van der Waals surface area contributed by atoms with Crippen molar-refractivity contribution < 1.29 is 14.3 Å². The summed E-state index contributed by atoms with van der Waals surface area (Å²) in [6.45, 7) is 10.6. The minimum Gasteiger partial charge on any atom is -0.493 e. The number of carbonyl (C=O) groups is 1. The Hall–Kier alpha value is -3.54. The van der Waals surface area contributed by atoms with Gasteiger partial charge in [0.05, 0.1) is 13.3 Å². The largest absolute Gasteiger partial charge is 0.493 e. The van der Waals surface area contributed by atoms with Crippen LogP contribution in [0.15, 0.2) is 59.7 Å². The highest BCUT2D eigenvalue weighted by Gasteiger charge is 2.15. The average Bonchev–Trinajstić information content (AvgIpc) is 3.05. The average molecular weight is 434 g/mol. The Morgan fingerprint density at radius 3 is 2.34 bits per heavy atom. The van der Waals surface area contributed by atoms with Crippen molar-refractivity contribution in [2.24, 2.45) is 5.10 Å². The van der Waals surface area contributed by atoms with E-state index in [2.05, 4.69) is 67.1 Å². The lowest BCUT2D eigenvalue weighted by Crippen LogP contribution is -2.24. The van der Waals surface area contributed by atoms with Crippen LogP contribution in [0.4, 0.5) is 0 Å². The third kappa shape index (κ3) is 5.38. The lowest BCUT2D eigenvalue weighted by atomic mass is 9.87. The first-order valence-corrected chi connectivity index (χ1v) is 10.6. The lowest BCUT2D eigenvalue weighted by Gasteiger charge is -2.20. The minimum atomic E-state index is -0.348. The van der Waals surface area contributed by atoms with Crippen molar-refractivity contribution in [2.75, 3.05) is 13.7 Å². The van der Waals surface area contributed by atoms with Gasteiger partial charge in [-0.1, -0.05) is 45.0 Å². The van der Waals surface area contributed by atoms with Gasteiger partial charge in [0.15, 0.2) is 18.1 Å². The van der Waals surface area contributed by atoms with Gasteiger partial charge in [-0.25, -0.2) is 5.43 Å². The summed E-state index contributed by atoms with van der Waals surface area (Å²) >= 11 is 0. The van der Waals surface area contributed by atoms with Gasteiger partial charge in [0.2, 0.25) is 0 Å². The molecular weight excluding hydrogens is 402 g/mol. The summed E-state index contributed by atoms with van der Waals surface area (Å²) in [7, 11) is 1.56. The maximum atomic E-state index is 12.1. The molecule has 0 aliphatic carbocycles. The summed E-state index contributed by atoms with van der Waals surface area (Å²) in [6.07, 6.45) is 1.66. The number of hydrazone groups is 1. The molecule has 0 fully saturated rings. The zero-order chi connectivity index (χ0) is 23.3. The van der Waals surface area contributed by atoms with E-state index in [1.165, 1.54) is 5.56 Å². The second kappa shape index (κ2) is 9.73. The highest BCUT2D eigenvalue weighted by molar-refractivity contribution is 5.84. The molecule has 0 bridgehead atoms. The number of carbonyl (C=O) groups excluding carboxylic acids is 1. The summed E-state index contributed by atoms with van der Waals surface area (Å²) in [5, 5.41) is 4.10. The number of hydrogen-bond donors (Lipinski definition) is 1. The van der Waals surface area contributed by atoms with Gasteiger partial charge in [0.1, 0.15) is 0 Å². The molecule has 0 saturated heterocycles. The molecule has 2 aromatic carbocycles. The summed E-state index contributed by atoms with van der Waals surface area (Å²) in [6, 6.07) is 17.8. The number of amides is 1. The van der Waals surface area contributed by atoms with E-state index in [-0.39, 0.29) is 17.9 Å². The topological polar surface area (TPSA) is 64.8 Å². The zero-order valence-electron chi connectivity index (χ0n) is 19.6. The summed E-state index contributed by atoms with van der Waals surface area (Å²) in [5.41, 5.74) is 8.11. The lowest BCUT2D eigenvalue weighted by molar-refractivity contribution is -0.123. The second-order valence-electron chi connectivity index (χ2n) is 8.69. The van der Waals surface area contributed by atoms with Crippen molar-refractivity contribution in [2.45, 2.75) is 40.0 Å². The first kappa shape index (κ1) is 23.1. The van der Waals surface area contributed by atoms with Crippen LogP contribution in [0, 0.1) is 13.8 Å². The van der Waals surface area contributed by atoms with Crippen LogP contribution in [0.25, 0.3) is 5.69 Å². The number of aryl methyl sites for hydroxylation is 1. The van der Waals surface area contributed by atoms with Gasteiger partial charge >= 0.3 is 0 Å². The van der Waals surface area contributed by atoms with Crippen LogP contribution in [0.3, 0.4) is 0 Å². The Kier molecular flexibility index (Phi) is 7.03. The Labute approximate surface area is 189 Å². The standard InChI is InChI=1S/C26H31N3O3/c1-18-15-20(19(2)29(18)22-13-11-21(12-14-22)26(3,4)5)16-27-28-25(30)17-32-24-10-8-7-9-23(24)31-6/h7-16H,17H2,1-6H3,(H,28,30)/b27-16+. The first-order valence-electron chi connectivity index (χ1n) is 10.6. The van der Waals surface area contributed by atoms with Crippen LogP contribution >= 0.6 is 0 Å². The summed E-state index contributed by atoms with van der Waals surface area (Å²) in [4.78, 5) is 12.1. The molecule has 32 heavy (non-hydrogen) atoms. The van der Waals surface area contributed by atoms with E-state index in [1.807, 2.05) is 25.1 Å². The number of nitrogens with one attached hydrogen (secondary N) is 1. The van der Waals surface area contributed by atoms with E-state index in [1.54, 1.807) is 25.5 Å². The molecule has 0 radical (unpaired) electrons. The molecule has 0 spiro atoms. The number of ether oxygens (including phenoxy) is 2. The zero-order valence-corrected chi connectivity index (χ0v) is 19.6. The van der Waals surface area contributed by atoms with Crippen molar-refractivity contribution in [3.63, 3.8) is 0 Å². The van der Waals surface area contributed by atoms with Crippen LogP contribution < -0.4 is 14.9 Å². The van der Waals surface area contributed by atoms with E-state index in [9.17, 15) is 4.79 Å². The maximum Gasteiger partial charge on any atom is 0.277 e. The van der Waals surface area contributed by atoms with Gasteiger partial charge < -0.3 is 14.0 Å². The van der Waals surface area contributed by atoms with Crippen molar-refractivity contribution >= 4 is 12.1 Å². The molecule has 0 atom stereocenters. The van der Waals surface area contributed by atoms with Crippen molar-refractivity contribution in [3.8, 4) is 17.2 Å². The van der Waals surface area contributed by atoms with Gasteiger partial charge in [0, 0.05) is 22.6 Å². The monoisotopic (exact) mass is 433 g/mol. The summed E-state index contributed by atoms with van der Waals surface area (Å²) < 4.78 is 12.9. The third-order valence-electron chi connectivity index (χ3n) is 5.28. The number of rotatable bonds is 7. The number of methoxy groups -OCH3 is 1. The smallest absolute Gasteiger partial charge is 0.277 e. The molecule has 0 aliphatic heterocycles. The Morgan fingerprint density at radius 1 is 1.06 bits per heavy atom. The fraction of sp³-hybridized carbons (Fsp3) is 0.308. The molecule has 1 amide bonds. The molecule has 168 valence electrons. The maximum absolute atomic E-state index is 12.1. The second-order valence-corrected chi connectivity index (χ2v) is 8.69. The van der Waals surface area contributed by atoms with Crippen LogP contribution in [0.2, 0.25) is 0 Å². The Morgan fingerprint density at radius 2 is 1.72 bits per heavy atom. The third-order valence-corrected chi connectivity index (χ3v) is 5.28. The molecular formula is C26H31N3O3. The van der Waals surface area contributed by atoms with Gasteiger partial charge in [-0.2, -0.15) is 5.10 Å². The van der Waals surface area contributed by atoms with Crippen molar-refractivity contribution in [3.05, 3.63) is 77.1 Å². The van der Waals surface area contributed by atoms with Crippen LogP contribution in [-0.2, 0) is 10.2 Å². The SMILES string of the molecule is COc1ccccc1OCC(=O)N/N=C/c1cc(C)n(-c2ccc(C(C)(C)C)cc2)c1C. The van der Waals surface area contributed by atoms with Crippen LogP contribution in [0.1, 0.15) is 43.3 Å². The summed E-state index contributed by atoms with van der Waals surface area (Å²) in [5.74, 6) is 0.737. The quantitative estimate of drug-likeness (QED) is 0.424. The predicted molar refractivity (Wildman–Crippen MR) is 128 cm³/mol. The molecule has 1 aromatic heterocycles. The highest BCUT2D eigenvalue weighted by Crippen LogP contribution is 2.26. The Bertz CT molecular complexity index is 1110. The van der Waals surface area contributed by atoms with Crippen LogP contribution in [0.5, 0.6) is 11.5 Å². The fourth-order valence-electron chi connectivity index (χ4n) is 3.51. The molecule has 0 saturated carbocycles. The van der Waals surface area contributed by atoms with Crippen LogP contribution in [-0.4, -0.2) is 30.4 Å². The van der Waals surface area contributed by atoms with Gasteiger partial charge in [-0.3, -0.25) is 4.79 Å². The molecule has 6 heteroatoms. The normalized spacial score (nSPS) is 11.6. The van der Waals surface area contributed by atoms with Crippen molar-refractivity contribution in [1.29, 1.82) is 0 Å². The van der Waals surface area contributed by atoms with E-state index in [0.717, 1.165) is 22.6 Å². The van der Waals surface area contributed by atoms with Gasteiger partial charge in [0.25, 0.3) is 5.91 Å². The Balaban J connectivity index is 1.65. The number of para-hydroxylation sites is 2. The molecule has 0 aliphatic rings. The first-order chi connectivity index (χ1) is 15.2. The van der Waals surface area contributed by atoms with E-state index in [4.69, 9.17) is 9.47 Å². The fourth-order valence-corrected chi connectivity index (χ4v) is 3.51. The number of aromatic nitrogens is 1. The molecule has 6 nitrogen and oxygen atoms in total. The van der Waals surface area contributed by atoms with Gasteiger partial charge in [-0.05, 0) is 55.2 Å².